The van der Waals surface area contributed by atoms with Gasteiger partial charge in [0.25, 0.3) is 5.91 Å². The summed E-state index contributed by atoms with van der Waals surface area (Å²) in [5, 5.41) is 8.67. The molecular weight excluding hydrogens is 409 g/mol. The average molecular weight is 430 g/mol. The Bertz CT molecular complexity index is 1080. The maximum Gasteiger partial charge on any atom is 0.277 e. The van der Waals surface area contributed by atoms with Crippen LogP contribution in [0.5, 0.6) is 0 Å². The number of hydrogen-bond donors (Lipinski definition) is 1. The Hall–Kier alpha value is -2.57. The molecule has 0 radical (unpaired) electrons. The fraction of sp³-hybridized carbons (Fsp3) is 0.286. The van der Waals surface area contributed by atoms with Crippen LogP contribution in [0.3, 0.4) is 0 Å². The number of pyridine rings is 1. The Morgan fingerprint density at radius 1 is 1.17 bits per heavy atom. The molecule has 6 nitrogen and oxygen atoms in total. The van der Waals surface area contributed by atoms with Crippen molar-refractivity contribution in [1.29, 1.82) is 0 Å². The summed E-state index contributed by atoms with van der Waals surface area (Å²) in [6.45, 7) is 6.64. The molecule has 1 N–H and O–H groups in total. The molecule has 0 saturated carbocycles. The maximum atomic E-state index is 13.4. The molecule has 0 aliphatic carbocycles. The molecule has 0 fully saturated rings. The zero-order valence-electron chi connectivity index (χ0n) is 16.4. The number of carbonyl (C=O) groups is 1. The lowest BCUT2D eigenvalue weighted by Gasteiger charge is -2.32. The number of fused-ring (bicyclic) bond motifs is 1. The van der Waals surface area contributed by atoms with Gasteiger partial charge in [-0.1, -0.05) is 23.2 Å². The number of aromatic nitrogens is 3. The van der Waals surface area contributed by atoms with Gasteiger partial charge in [0.05, 0.1) is 22.3 Å². The molecular formula is C21H21Cl2N5O. The molecule has 1 atom stereocenters. The Kier molecular flexibility index (Phi) is 5.23. The second-order valence-electron chi connectivity index (χ2n) is 7.44. The van der Waals surface area contributed by atoms with Gasteiger partial charge in [0, 0.05) is 30.0 Å². The quantitative estimate of drug-likeness (QED) is 0.611. The molecule has 0 saturated heterocycles. The van der Waals surface area contributed by atoms with Crippen molar-refractivity contribution in [2.75, 3.05) is 16.8 Å². The van der Waals surface area contributed by atoms with E-state index in [1.165, 1.54) is 0 Å². The van der Waals surface area contributed by atoms with E-state index >= 15 is 0 Å². The minimum Gasteiger partial charge on any atom is -0.368 e. The van der Waals surface area contributed by atoms with Gasteiger partial charge in [-0.05, 0) is 56.7 Å². The molecule has 2 aromatic heterocycles. The van der Waals surface area contributed by atoms with Crippen LogP contribution in [0.25, 0.3) is 11.1 Å². The van der Waals surface area contributed by atoms with Gasteiger partial charge in [-0.15, -0.1) is 0 Å². The van der Waals surface area contributed by atoms with Gasteiger partial charge in [0.2, 0.25) is 0 Å². The highest BCUT2D eigenvalue weighted by Crippen LogP contribution is 2.35. The number of nitrogens with one attached hydrogen (secondary N) is 1. The second-order valence-corrected chi connectivity index (χ2v) is 8.26. The molecule has 1 amide bonds. The Labute approximate surface area is 179 Å². The lowest BCUT2D eigenvalue weighted by Crippen LogP contribution is -2.42. The van der Waals surface area contributed by atoms with Gasteiger partial charge in [-0.3, -0.25) is 9.48 Å². The fourth-order valence-corrected chi connectivity index (χ4v) is 3.81. The first kappa shape index (κ1) is 19.7. The Morgan fingerprint density at radius 2 is 1.97 bits per heavy atom. The molecule has 3 heterocycles. The van der Waals surface area contributed by atoms with Crippen LogP contribution in [-0.4, -0.2) is 33.3 Å². The van der Waals surface area contributed by atoms with E-state index < -0.39 is 0 Å². The van der Waals surface area contributed by atoms with E-state index in [2.05, 4.69) is 29.2 Å². The third kappa shape index (κ3) is 3.70. The van der Waals surface area contributed by atoms with E-state index in [9.17, 15) is 4.79 Å². The molecule has 1 aromatic carbocycles. The van der Waals surface area contributed by atoms with Crippen LogP contribution < -0.4 is 10.2 Å². The Balaban J connectivity index is 1.76. The molecule has 4 rings (SSSR count). The van der Waals surface area contributed by atoms with Crippen LogP contribution in [0.1, 0.15) is 37.3 Å². The number of benzene rings is 1. The molecule has 1 aliphatic heterocycles. The van der Waals surface area contributed by atoms with Crippen LogP contribution in [-0.2, 0) is 0 Å². The second kappa shape index (κ2) is 7.69. The van der Waals surface area contributed by atoms with Gasteiger partial charge in [0.1, 0.15) is 11.5 Å². The van der Waals surface area contributed by atoms with Crippen LogP contribution in [0.15, 0.2) is 42.7 Å². The van der Waals surface area contributed by atoms with Crippen molar-refractivity contribution in [3.63, 3.8) is 0 Å². The SMILES string of the molecule is CC(C)Nc1cc(-c2cnn3c2C(=O)N(c2ccc(Cl)c(Cl)c2)C[C@@H]3C)ccn1. The van der Waals surface area contributed by atoms with Crippen LogP contribution in [0, 0.1) is 0 Å². The highest BCUT2D eigenvalue weighted by molar-refractivity contribution is 6.42. The van der Waals surface area contributed by atoms with Crippen molar-refractivity contribution < 1.29 is 4.79 Å². The number of carbonyl (C=O) groups excluding carboxylic acids is 1. The first-order chi connectivity index (χ1) is 13.8. The summed E-state index contributed by atoms with van der Waals surface area (Å²) >= 11 is 12.2. The summed E-state index contributed by atoms with van der Waals surface area (Å²) in [5.41, 5.74) is 2.94. The monoisotopic (exact) mass is 429 g/mol. The molecule has 3 aromatic rings. The van der Waals surface area contributed by atoms with Crippen LogP contribution in [0.2, 0.25) is 10.0 Å². The predicted molar refractivity (Wildman–Crippen MR) is 117 cm³/mol. The van der Waals surface area contributed by atoms with E-state index in [1.807, 2.05) is 25.1 Å². The van der Waals surface area contributed by atoms with Crippen molar-refractivity contribution in [1.82, 2.24) is 14.8 Å². The smallest absolute Gasteiger partial charge is 0.277 e. The fourth-order valence-electron chi connectivity index (χ4n) is 3.52. The minimum absolute atomic E-state index is 0.0148. The van der Waals surface area contributed by atoms with Crippen LogP contribution >= 0.6 is 23.2 Å². The predicted octanol–water partition coefficient (Wildman–Crippen LogP) is 5.29. The van der Waals surface area contributed by atoms with Crippen LogP contribution in [0.4, 0.5) is 11.5 Å². The highest BCUT2D eigenvalue weighted by atomic mass is 35.5. The van der Waals surface area contributed by atoms with E-state index in [-0.39, 0.29) is 18.0 Å². The third-order valence-corrected chi connectivity index (χ3v) is 5.57. The Morgan fingerprint density at radius 3 is 2.69 bits per heavy atom. The summed E-state index contributed by atoms with van der Waals surface area (Å²) in [5.74, 6) is 0.638. The highest BCUT2D eigenvalue weighted by Gasteiger charge is 2.34. The number of anilines is 2. The topological polar surface area (TPSA) is 63.1 Å². The summed E-state index contributed by atoms with van der Waals surface area (Å²) in [6, 6.07) is 9.33. The van der Waals surface area contributed by atoms with Gasteiger partial charge < -0.3 is 10.2 Å². The standard InChI is InChI=1S/C21H21Cl2N5O/c1-12(2)26-19-8-14(6-7-24-19)16-10-25-28-13(3)11-27(21(29)20(16)28)15-4-5-17(22)18(23)9-15/h4-10,12-13H,11H2,1-3H3,(H,24,26)/t13-/m0/s1. The van der Waals surface area contributed by atoms with Gasteiger partial charge in [-0.2, -0.15) is 5.10 Å². The van der Waals surface area contributed by atoms with E-state index in [4.69, 9.17) is 23.2 Å². The molecule has 0 bridgehead atoms. The molecule has 29 heavy (non-hydrogen) atoms. The molecule has 8 heteroatoms. The number of rotatable bonds is 4. The number of amides is 1. The van der Waals surface area contributed by atoms with Crippen molar-refractivity contribution >= 4 is 40.6 Å². The first-order valence-electron chi connectivity index (χ1n) is 9.42. The van der Waals surface area contributed by atoms with E-state index in [0.717, 1.165) is 16.9 Å². The van der Waals surface area contributed by atoms with Gasteiger partial charge in [-0.25, -0.2) is 4.98 Å². The van der Waals surface area contributed by atoms with Crippen molar-refractivity contribution in [3.8, 4) is 11.1 Å². The zero-order valence-corrected chi connectivity index (χ0v) is 17.9. The average Bonchev–Trinajstić information content (AvgIpc) is 3.13. The molecule has 1 aliphatic rings. The van der Waals surface area contributed by atoms with Crippen molar-refractivity contribution in [3.05, 3.63) is 58.5 Å². The lowest BCUT2D eigenvalue weighted by atomic mass is 10.0. The largest absolute Gasteiger partial charge is 0.368 e. The zero-order chi connectivity index (χ0) is 20.7. The summed E-state index contributed by atoms with van der Waals surface area (Å²) in [6.07, 6.45) is 3.48. The normalized spacial score (nSPS) is 16.3. The molecule has 150 valence electrons. The minimum atomic E-state index is -0.121. The van der Waals surface area contributed by atoms with E-state index in [1.54, 1.807) is 34.1 Å². The summed E-state index contributed by atoms with van der Waals surface area (Å²) in [4.78, 5) is 19.5. The number of nitrogens with zero attached hydrogens (tertiary/aromatic N) is 4. The first-order valence-corrected chi connectivity index (χ1v) is 10.2. The third-order valence-electron chi connectivity index (χ3n) is 4.83. The molecule has 0 unspecified atom stereocenters. The summed E-state index contributed by atoms with van der Waals surface area (Å²) in [7, 11) is 0. The molecule has 0 spiro atoms. The summed E-state index contributed by atoms with van der Waals surface area (Å²) < 4.78 is 1.79. The number of hydrogen-bond acceptors (Lipinski definition) is 4. The van der Waals surface area contributed by atoms with Crippen molar-refractivity contribution in [2.45, 2.75) is 32.9 Å². The van der Waals surface area contributed by atoms with Gasteiger partial charge >= 0.3 is 0 Å². The van der Waals surface area contributed by atoms with Gasteiger partial charge in [0.15, 0.2) is 0 Å². The van der Waals surface area contributed by atoms with Crippen molar-refractivity contribution in [2.24, 2.45) is 0 Å². The van der Waals surface area contributed by atoms with E-state index in [0.29, 0.717) is 28.0 Å². The number of halogens is 2. The maximum absolute atomic E-state index is 13.4. The lowest BCUT2D eigenvalue weighted by molar-refractivity contribution is 0.0954.